The van der Waals surface area contributed by atoms with Crippen molar-refractivity contribution in [1.29, 1.82) is 0 Å². The molecule has 1 saturated carbocycles. The molecule has 5 nitrogen and oxygen atoms in total. The Balaban J connectivity index is 1.70. The molecule has 1 aliphatic carbocycles. The van der Waals surface area contributed by atoms with E-state index in [4.69, 9.17) is 4.98 Å². The third kappa shape index (κ3) is 4.02. The molecule has 0 unspecified atom stereocenters. The Kier molecular flexibility index (Phi) is 5.88. The molecule has 1 aromatic carbocycles. The fourth-order valence-electron chi connectivity index (χ4n) is 4.21. The van der Waals surface area contributed by atoms with E-state index >= 15 is 0 Å². The molecule has 152 valence electrons. The molecule has 1 amide bonds. The lowest BCUT2D eigenvalue weighted by atomic mass is 10.1. The van der Waals surface area contributed by atoms with E-state index in [1.807, 2.05) is 12.1 Å². The number of pyridine rings is 1. The number of nitrogens with zero attached hydrogens (tertiary/aromatic N) is 4. The highest BCUT2D eigenvalue weighted by Crippen LogP contribution is 2.33. The molecule has 0 radical (unpaired) electrons. The number of unbranched alkanes of at least 4 members (excludes halogenated alkanes) is 1. The summed E-state index contributed by atoms with van der Waals surface area (Å²) in [7, 11) is 0. The van der Waals surface area contributed by atoms with Gasteiger partial charge in [-0.2, -0.15) is 0 Å². The second-order valence-electron chi connectivity index (χ2n) is 7.74. The van der Waals surface area contributed by atoms with Crippen molar-refractivity contribution in [2.24, 2.45) is 0 Å². The Hall–Kier alpha value is -2.76. The summed E-state index contributed by atoms with van der Waals surface area (Å²) in [4.78, 5) is 24.3. The Morgan fingerprint density at radius 2 is 2.00 bits per heavy atom. The first-order valence-electron chi connectivity index (χ1n) is 10.5. The van der Waals surface area contributed by atoms with Crippen LogP contribution in [0.4, 0.5) is 4.39 Å². The SMILES string of the molecule is CCCCN(Cc1nc2cccnc2n1C1CCCC1)C(=O)c1ccccc1F. The van der Waals surface area contributed by atoms with Gasteiger partial charge < -0.3 is 9.47 Å². The van der Waals surface area contributed by atoms with Crippen LogP contribution < -0.4 is 0 Å². The summed E-state index contributed by atoms with van der Waals surface area (Å²) in [5.74, 6) is 0.0749. The molecule has 3 aromatic rings. The van der Waals surface area contributed by atoms with Crippen LogP contribution in [0.2, 0.25) is 0 Å². The first-order valence-corrected chi connectivity index (χ1v) is 10.5. The Morgan fingerprint density at radius 3 is 2.76 bits per heavy atom. The Bertz CT molecular complexity index is 993. The average molecular weight is 394 g/mol. The number of carbonyl (C=O) groups excluding carboxylic acids is 1. The second kappa shape index (κ2) is 8.72. The van der Waals surface area contributed by atoms with E-state index in [-0.39, 0.29) is 11.5 Å². The molecule has 1 fully saturated rings. The van der Waals surface area contributed by atoms with E-state index in [1.54, 1.807) is 29.3 Å². The highest BCUT2D eigenvalue weighted by Gasteiger charge is 2.26. The number of aromatic nitrogens is 3. The normalized spacial score (nSPS) is 14.6. The van der Waals surface area contributed by atoms with Crippen molar-refractivity contribution in [2.75, 3.05) is 6.54 Å². The van der Waals surface area contributed by atoms with E-state index in [0.29, 0.717) is 19.1 Å². The minimum Gasteiger partial charge on any atom is -0.331 e. The van der Waals surface area contributed by atoms with E-state index in [2.05, 4.69) is 16.5 Å². The molecule has 29 heavy (non-hydrogen) atoms. The number of fused-ring (bicyclic) bond motifs is 1. The highest BCUT2D eigenvalue weighted by molar-refractivity contribution is 5.94. The smallest absolute Gasteiger partial charge is 0.257 e. The Labute approximate surface area is 170 Å². The van der Waals surface area contributed by atoms with Gasteiger partial charge in [-0.1, -0.05) is 38.3 Å². The predicted octanol–water partition coefficient (Wildman–Crippen LogP) is 5.13. The van der Waals surface area contributed by atoms with Gasteiger partial charge in [-0.25, -0.2) is 14.4 Å². The van der Waals surface area contributed by atoms with Crippen LogP contribution in [0.3, 0.4) is 0 Å². The fraction of sp³-hybridized carbons (Fsp3) is 0.435. The van der Waals surface area contributed by atoms with Gasteiger partial charge in [0.1, 0.15) is 17.2 Å². The molecule has 6 heteroatoms. The van der Waals surface area contributed by atoms with Crippen molar-refractivity contribution in [3.63, 3.8) is 0 Å². The monoisotopic (exact) mass is 394 g/mol. The van der Waals surface area contributed by atoms with Crippen LogP contribution in [0.1, 0.15) is 67.7 Å². The quantitative estimate of drug-likeness (QED) is 0.558. The van der Waals surface area contributed by atoms with Crippen molar-refractivity contribution in [1.82, 2.24) is 19.4 Å². The molecule has 2 heterocycles. The van der Waals surface area contributed by atoms with Crippen LogP contribution in [-0.4, -0.2) is 31.9 Å². The number of rotatable bonds is 7. The lowest BCUT2D eigenvalue weighted by molar-refractivity contribution is 0.0729. The van der Waals surface area contributed by atoms with Crippen LogP contribution >= 0.6 is 0 Å². The zero-order valence-corrected chi connectivity index (χ0v) is 16.9. The molecule has 0 aliphatic heterocycles. The summed E-state index contributed by atoms with van der Waals surface area (Å²) in [5.41, 5.74) is 1.84. The van der Waals surface area contributed by atoms with Gasteiger partial charge in [0.2, 0.25) is 0 Å². The number of hydrogen-bond donors (Lipinski definition) is 0. The summed E-state index contributed by atoms with van der Waals surface area (Å²) in [5, 5.41) is 0. The molecular weight excluding hydrogens is 367 g/mol. The molecule has 0 bridgehead atoms. The number of carbonyl (C=O) groups is 1. The third-order valence-electron chi connectivity index (χ3n) is 5.72. The van der Waals surface area contributed by atoms with Crippen LogP contribution in [0.5, 0.6) is 0 Å². The molecular formula is C23H27FN4O. The second-order valence-corrected chi connectivity index (χ2v) is 7.74. The van der Waals surface area contributed by atoms with E-state index < -0.39 is 5.82 Å². The number of halogens is 1. The summed E-state index contributed by atoms with van der Waals surface area (Å²) in [6.07, 6.45) is 8.22. The van der Waals surface area contributed by atoms with Gasteiger partial charge in [0.15, 0.2) is 5.65 Å². The molecule has 1 aliphatic rings. The molecule has 0 atom stereocenters. The summed E-state index contributed by atoms with van der Waals surface area (Å²) < 4.78 is 16.5. The first kappa shape index (κ1) is 19.6. The fourth-order valence-corrected chi connectivity index (χ4v) is 4.21. The van der Waals surface area contributed by atoms with Crippen molar-refractivity contribution in [3.8, 4) is 0 Å². The maximum atomic E-state index is 14.3. The predicted molar refractivity (Wildman–Crippen MR) is 111 cm³/mol. The number of benzene rings is 1. The maximum absolute atomic E-state index is 14.3. The maximum Gasteiger partial charge on any atom is 0.257 e. The van der Waals surface area contributed by atoms with Gasteiger partial charge in [0, 0.05) is 18.8 Å². The van der Waals surface area contributed by atoms with Crippen molar-refractivity contribution >= 4 is 17.1 Å². The van der Waals surface area contributed by atoms with Crippen molar-refractivity contribution in [2.45, 2.75) is 58.0 Å². The lowest BCUT2D eigenvalue weighted by Gasteiger charge is -2.24. The molecule has 4 rings (SSSR count). The van der Waals surface area contributed by atoms with E-state index in [9.17, 15) is 9.18 Å². The average Bonchev–Trinajstić information content (AvgIpc) is 3.38. The van der Waals surface area contributed by atoms with Crippen molar-refractivity contribution in [3.05, 3.63) is 59.8 Å². The molecule has 2 aromatic heterocycles. The molecule has 0 spiro atoms. The van der Waals surface area contributed by atoms with Gasteiger partial charge in [-0.05, 0) is 43.5 Å². The zero-order valence-electron chi connectivity index (χ0n) is 16.9. The minimum absolute atomic E-state index is 0.116. The van der Waals surface area contributed by atoms with Crippen LogP contribution in [0, 0.1) is 5.82 Å². The largest absolute Gasteiger partial charge is 0.331 e. The molecule has 0 N–H and O–H groups in total. The zero-order chi connectivity index (χ0) is 20.2. The summed E-state index contributed by atoms with van der Waals surface area (Å²) in [6, 6.07) is 10.4. The summed E-state index contributed by atoms with van der Waals surface area (Å²) >= 11 is 0. The van der Waals surface area contributed by atoms with Crippen LogP contribution in [-0.2, 0) is 6.54 Å². The van der Waals surface area contributed by atoms with Gasteiger partial charge in [0.05, 0.1) is 12.1 Å². The van der Waals surface area contributed by atoms with E-state index in [1.165, 1.54) is 18.9 Å². The minimum atomic E-state index is -0.482. The third-order valence-corrected chi connectivity index (χ3v) is 5.72. The van der Waals surface area contributed by atoms with Gasteiger partial charge in [-0.15, -0.1) is 0 Å². The summed E-state index contributed by atoms with van der Waals surface area (Å²) in [6.45, 7) is 3.02. The first-order chi connectivity index (χ1) is 14.2. The van der Waals surface area contributed by atoms with Gasteiger partial charge in [-0.3, -0.25) is 4.79 Å². The van der Waals surface area contributed by atoms with Crippen LogP contribution in [0.25, 0.3) is 11.2 Å². The Morgan fingerprint density at radius 1 is 1.21 bits per heavy atom. The van der Waals surface area contributed by atoms with Crippen LogP contribution in [0.15, 0.2) is 42.6 Å². The van der Waals surface area contributed by atoms with Crippen molar-refractivity contribution < 1.29 is 9.18 Å². The number of imidazole rings is 1. The number of hydrogen-bond acceptors (Lipinski definition) is 3. The van der Waals surface area contributed by atoms with E-state index in [0.717, 1.165) is 42.7 Å². The highest BCUT2D eigenvalue weighted by atomic mass is 19.1. The lowest BCUT2D eigenvalue weighted by Crippen LogP contribution is -2.33. The topological polar surface area (TPSA) is 51.0 Å². The molecule has 0 saturated heterocycles. The van der Waals surface area contributed by atoms with Gasteiger partial charge in [0.25, 0.3) is 5.91 Å². The number of amides is 1. The standard InChI is InChI=1S/C23H27FN4O/c1-2-3-15-27(23(29)18-11-6-7-12-19(18)24)16-21-26-20-13-8-14-25-22(20)28(21)17-9-4-5-10-17/h6-8,11-14,17H,2-5,9-10,15-16H2,1H3. The van der Waals surface area contributed by atoms with Gasteiger partial charge >= 0.3 is 0 Å².